The summed E-state index contributed by atoms with van der Waals surface area (Å²) in [5.74, 6) is 0.636. The molecule has 7 heteroatoms. The number of hydrogen-bond acceptors (Lipinski definition) is 3. The highest BCUT2D eigenvalue weighted by molar-refractivity contribution is 5.76. The van der Waals surface area contributed by atoms with Crippen LogP contribution in [0.4, 0.5) is 13.2 Å². The molecular weight excluding hydrogens is 405 g/mol. The molecule has 1 amide bonds. The van der Waals surface area contributed by atoms with Gasteiger partial charge in [-0.15, -0.1) is 0 Å². The van der Waals surface area contributed by atoms with Gasteiger partial charge in [-0.1, -0.05) is 50.2 Å². The van der Waals surface area contributed by atoms with Crippen LogP contribution in [0.3, 0.4) is 0 Å². The Morgan fingerprint density at radius 2 is 1.65 bits per heavy atom. The summed E-state index contributed by atoms with van der Waals surface area (Å²) < 4.78 is 41.3. The molecule has 2 N–H and O–H groups in total. The zero-order chi connectivity index (χ0) is 22.9. The molecule has 0 radical (unpaired) electrons. The number of amides is 1. The van der Waals surface area contributed by atoms with Gasteiger partial charge in [0.2, 0.25) is 5.91 Å². The van der Waals surface area contributed by atoms with Crippen LogP contribution in [0, 0.1) is 5.92 Å². The fraction of sp³-hybridized carbons (Fsp3) is 0.458. The van der Waals surface area contributed by atoms with Gasteiger partial charge in [-0.2, -0.15) is 13.2 Å². The van der Waals surface area contributed by atoms with Gasteiger partial charge in [-0.3, -0.25) is 4.79 Å². The van der Waals surface area contributed by atoms with E-state index in [1.54, 1.807) is 12.1 Å². The Balaban J connectivity index is 0.00000166. The summed E-state index contributed by atoms with van der Waals surface area (Å²) in [6.07, 6.45) is -2.78. The summed E-state index contributed by atoms with van der Waals surface area (Å²) in [5.41, 5.74) is 2.81. The molecule has 170 valence electrons. The molecule has 0 spiro atoms. The minimum Gasteiger partial charge on any atom is -0.484 e. The summed E-state index contributed by atoms with van der Waals surface area (Å²) in [6, 6.07) is 14.7. The third-order valence-electron chi connectivity index (χ3n) is 4.95. The number of rotatable bonds is 7. The largest absolute Gasteiger partial charge is 0.484 e. The predicted molar refractivity (Wildman–Crippen MR) is 117 cm³/mol. The van der Waals surface area contributed by atoms with E-state index >= 15 is 0 Å². The van der Waals surface area contributed by atoms with E-state index in [2.05, 4.69) is 17.6 Å². The van der Waals surface area contributed by atoms with E-state index in [4.69, 9.17) is 4.74 Å². The molecule has 1 aliphatic heterocycles. The van der Waals surface area contributed by atoms with Crippen LogP contribution in [0.2, 0.25) is 0 Å². The zero-order valence-electron chi connectivity index (χ0n) is 18.3. The third kappa shape index (κ3) is 8.61. The Labute approximate surface area is 182 Å². The van der Waals surface area contributed by atoms with Crippen molar-refractivity contribution in [2.45, 2.75) is 52.4 Å². The van der Waals surface area contributed by atoms with Gasteiger partial charge in [0.25, 0.3) is 0 Å². The lowest BCUT2D eigenvalue weighted by Crippen LogP contribution is -2.25. The topological polar surface area (TPSA) is 50.4 Å². The maximum Gasteiger partial charge on any atom is 0.422 e. The average Bonchev–Trinajstić information content (AvgIpc) is 3.17. The van der Waals surface area contributed by atoms with Crippen molar-refractivity contribution in [1.29, 1.82) is 0 Å². The summed E-state index contributed by atoms with van der Waals surface area (Å²) in [7, 11) is 0. The molecule has 1 unspecified atom stereocenters. The van der Waals surface area contributed by atoms with Crippen LogP contribution in [0.15, 0.2) is 48.5 Å². The van der Waals surface area contributed by atoms with Crippen LogP contribution in [0.5, 0.6) is 5.75 Å². The number of carbonyl (C=O) groups excluding carboxylic acids is 1. The highest BCUT2D eigenvalue weighted by Crippen LogP contribution is 2.24. The van der Waals surface area contributed by atoms with Gasteiger partial charge in [-0.25, -0.2) is 0 Å². The van der Waals surface area contributed by atoms with Crippen LogP contribution in [0.25, 0.3) is 11.1 Å². The summed E-state index contributed by atoms with van der Waals surface area (Å²) in [4.78, 5) is 12.1. The Morgan fingerprint density at radius 1 is 1.06 bits per heavy atom. The van der Waals surface area contributed by atoms with E-state index in [-0.39, 0.29) is 11.7 Å². The Kier molecular flexibility index (Phi) is 9.37. The van der Waals surface area contributed by atoms with Gasteiger partial charge >= 0.3 is 6.18 Å². The number of benzene rings is 2. The first kappa shape index (κ1) is 24.7. The highest BCUT2D eigenvalue weighted by atomic mass is 19.4. The Morgan fingerprint density at radius 3 is 2.16 bits per heavy atom. The number of hydrogen-bond donors (Lipinski definition) is 2. The van der Waals surface area contributed by atoms with Crippen LogP contribution in [0.1, 0.15) is 39.2 Å². The van der Waals surface area contributed by atoms with Crippen molar-refractivity contribution in [3.63, 3.8) is 0 Å². The SMILES string of the molecule is CC.CC1C[C@@H](CC(=O)NCc2ccc(-c3ccc(OCC(F)(F)F)cc3)cc2)CN1. The quantitative estimate of drug-likeness (QED) is 0.617. The zero-order valence-corrected chi connectivity index (χ0v) is 18.3. The van der Waals surface area contributed by atoms with Crippen molar-refractivity contribution in [3.05, 3.63) is 54.1 Å². The second kappa shape index (κ2) is 11.7. The first-order chi connectivity index (χ1) is 14.8. The lowest BCUT2D eigenvalue weighted by molar-refractivity contribution is -0.153. The molecule has 2 aromatic carbocycles. The minimum absolute atomic E-state index is 0.0597. The molecule has 1 aliphatic rings. The number of ether oxygens (including phenoxy) is 1. The van der Waals surface area contributed by atoms with Crippen molar-refractivity contribution in [3.8, 4) is 16.9 Å². The van der Waals surface area contributed by atoms with Gasteiger partial charge in [0.1, 0.15) is 5.75 Å². The molecule has 31 heavy (non-hydrogen) atoms. The normalized spacial score (nSPS) is 18.1. The van der Waals surface area contributed by atoms with Crippen molar-refractivity contribution in [1.82, 2.24) is 10.6 Å². The lowest BCUT2D eigenvalue weighted by atomic mass is 10.0. The van der Waals surface area contributed by atoms with Gasteiger partial charge in [0.15, 0.2) is 6.61 Å². The Bertz CT molecular complexity index is 805. The van der Waals surface area contributed by atoms with Gasteiger partial charge in [0.05, 0.1) is 0 Å². The lowest BCUT2D eigenvalue weighted by Gasteiger charge is -2.11. The summed E-state index contributed by atoms with van der Waals surface area (Å²) in [5, 5.41) is 6.31. The van der Waals surface area contributed by atoms with Crippen LogP contribution < -0.4 is 15.4 Å². The average molecular weight is 437 g/mol. The molecule has 1 fully saturated rings. The van der Waals surface area contributed by atoms with E-state index in [1.807, 2.05) is 38.1 Å². The number of halogens is 3. The second-order valence-electron chi connectivity index (χ2n) is 7.52. The molecule has 0 bridgehead atoms. The molecule has 4 nitrogen and oxygen atoms in total. The van der Waals surface area contributed by atoms with Crippen molar-refractivity contribution in [2.24, 2.45) is 5.92 Å². The first-order valence-corrected chi connectivity index (χ1v) is 10.7. The molecule has 1 saturated heterocycles. The van der Waals surface area contributed by atoms with Crippen LogP contribution >= 0.6 is 0 Å². The van der Waals surface area contributed by atoms with Crippen LogP contribution in [-0.4, -0.2) is 31.3 Å². The van der Waals surface area contributed by atoms with Gasteiger partial charge in [0, 0.05) is 19.0 Å². The molecule has 2 atom stereocenters. The maximum atomic E-state index is 12.2. The predicted octanol–water partition coefficient (Wildman–Crippen LogP) is 5.33. The number of nitrogens with one attached hydrogen (secondary N) is 2. The van der Waals surface area contributed by atoms with E-state index in [1.165, 1.54) is 12.1 Å². The summed E-state index contributed by atoms with van der Waals surface area (Å²) >= 11 is 0. The standard InChI is InChI=1S/C22H25F3N2O2.C2H6/c1-15-10-17(13-26-15)11-21(28)27-12-16-2-4-18(5-3-16)19-6-8-20(9-7-19)29-14-22(23,24)25;1-2/h2-9,15,17,26H,10-14H2,1H3,(H,27,28);1-2H3/t15?,17-;/m0./s1. The second-order valence-corrected chi connectivity index (χ2v) is 7.52. The molecule has 3 rings (SSSR count). The van der Waals surface area contributed by atoms with Gasteiger partial charge in [-0.05, 0) is 54.6 Å². The fourth-order valence-corrected chi connectivity index (χ4v) is 3.45. The minimum atomic E-state index is -4.35. The van der Waals surface area contributed by atoms with Crippen molar-refractivity contribution in [2.75, 3.05) is 13.2 Å². The van der Waals surface area contributed by atoms with Crippen molar-refractivity contribution >= 4 is 5.91 Å². The molecule has 0 aromatic heterocycles. The smallest absolute Gasteiger partial charge is 0.422 e. The van der Waals surface area contributed by atoms with E-state index in [0.29, 0.717) is 24.9 Å². The highest BCUT2D eigenvalue weighted by Gasteiger charge is 2.28. The molecule has 2 aromatic rings. The van der Waals surface area contributed by atoms with E-state index < -0.39 is 12.8 Å². The molecule has 0 saturated carbocycles. The van der Waals surface area contributed by atoms with E-state index in [9.17, 15) is 18.0 Å². The monoisotopic (exact) mass is 436 g/mol. The fourth-order valence-electron chi connectivity index (χ4n) is 3.45. The van der Waals surface area contributed by atoms with Crippen LogP contribution in [-0.2, 0) is 11.3 Å². The first-order valence-electron chi connectivity index (χ1n) is 10.7. The Hall–Kier alpha value is -2.54. The number of alkyl halides is 3. The van der Waals surface area contributed by atoms with Gasteiger partial charge < -0.3 is 15.4 Å². The molecule has 0 aliphatic carbocycles. The van der Waals surface area contributed by atoms with Crippen molar-refractivity contribution < 1.29 is 22.7 Å². The number of carbonyl (C=O) groups is 1. The molecule has 1 heterocycles. The summed E-state index contributed by atoms with van der Waals surface area (Å²) in [6.45, 7) is 6.19. The third-order valence-corrected chi connectivity index (χ3v) is 4.95. The maximum absolute atomic E-state index is 12.2. The van der Waals surface area contributed by atoms with E-state index in [0.717, 1.165) is 29.7 Å². The molecular formula is C24H31F3N2O2.